The van der Waals surface area contributed by atoms with Crippen LogP contribution < -0.4 is 4.74 Å². The first-order valence-electron chi connectivity index (χ1n) is 7.67. The van der Waals surface area contributed by atoms with E-state index in [1.54, 1.807) is 0 Å². The molecule has 3 heteroatoms. The van der Waals surface area contributed by atoms with E-state index in [1.807, 2.05) is 24.3 Å². The molecule has 2 heterocycles. The van der Waals surface area contributed by atoms with E-state index >= 15 is 0 Å². The van der Waals surface area contributed by atoms with Gasteiger partial charge in [0.25, 0.3) is 0 Å². The van der Waals surface area contributed by atoms with Crippen molar-refractivity contribution in [3.8, 4) is 5.75 Å². The number of fused-ring (bicyclic) bond motifs is 1. The lowest BCUT2D eigenvalue weighted by molar-refractivity contribution is -0.156. The Kier molecular flexibility index (Phi) is 2.84. The smallest absolute Gasteiger partial charge is 0.147 e. The van der Waals surface area contributed by atoms with Crippen LogP contribution in [0.25, 0.3) is 0 Å². The fourth-order valence-corrected chi connectivity index (χ4v) is 3.87. The Morgan fingerprint density at radius 2 is 2.10 bits per heavy atom. The maximum absolute atomic E-state index is 12.9. The fraction of sp³-hybridized carbons (Fsp3) is 0.588. The second-order valence-electron chi connectivity index (χ2n) is 6.38. The number of carbonyl (C=O) groups is 1. The first-order chi connectivity index (χ1) is 9.77. The highest BCUT2D eigenvalue weighted by Gasteiger charge is 2.46. The summed E-state index contributed by atoms with van der Waals surface area (Å²) >= 11 is 0. The standard InChI is InChI=1S/C17H20O3/c18-16(12-6-9-20-17(10-12)7-3-8-17)14-11-19-15-5-2-1-4-13(14)15/h1-2,4-5,12,14H,3,6-11H2. The van der Waals surface area contributed by atoms with Crippen molar-refractivity contribution < 1.29 is 14.3 Å². The van der Waals surface area contributed by atoms with Crippen LogP contribution in [-0.2, 0) is 9.53 Å². The van der Waals surface area contributed by atoms with Gasteiger partial charge in [-0.3, -0.25) is 4.79 Å². The van der Waals surface area contributed by atoms with E-state index in [4.69, 9.17) is 9.47 Å². The van der Waals surface area contributed by atoms with Crippen molar-refractivity contribution in [2.75, 3.05) is 13.2 Å². The number of hydrogen-bond donors (Lipinski definition) is 0. The van der Waals surface area contributed by atoms with Crippen molar-refractivity contribution in [2.24, 2.45) is 5.92 Å². The summed E-state index contributed by atoms with van der Waals surface area (Å²) in [4.78, 5) is 12.9. The molecule has 2 unspecified atom stereocenters. The zero-order valence-corrected chi connectivity index (χ0v) is 11.6. The molecule has 1 saturated carbocycles. The highest BCUT2D eigenvalue weighted by atomic mass is 16.5. The summed E-state index contributed by atoms with van der Waals surface area (Å²) in [5.74, 6) is 1.34. The topological polar surface area (TPSA) is 35.5 Å². The van der Waals surface area contributed by atoms with Crippen LogP contribution in [0.4, 0.5) is 0 Å². The Hall–Kier alpha value is -1.35. The van der Waals surface area contributed by atoms with Gasteiger partial charge in [0, 0.05) is 18.1 Å². The van der Waals surface area contributed by atoms with Gasteiger partial charge in [-0.2, -0.15) is 0 Å². The number of para-hydroxylation sites is 1. The summed E-state index contributed by atoms with van der Waals surface area (Å²) < 4.78 is 11.6. The first-order valence-corrected chi connectivity index (χ1v) is 7.67. The molecule has 106 valence electrons. The van der Waals surface area contributed by atoms with E-state index in [2.05, 4.69) is 0 Å². The Bertz CT molecular complexity index is 533. The summed E-state index contributed by atoms with van der Waals surface area (Å²) in [5.41, 5.74) is 1.11. The molecular formula is C17H20O3. The maximum atomic E-state index is 12.9. The lowest BCUT2D eigenvalue weighted by Gasteiger charge is -2.47. The minimum absolute atomic E-state index is 0.0392. The van der Waals surface area contributed by atoms with Crippen LogP contribution in [0.5, 0.6) is 5.75 Å². The van der Waals surface area contributed by atoms with Crippen molar-refractivity contribution in [3.63, 3.8) is 0 Å². The van der Waals surface area contributed by atoms with Crippen LogP contribution in [0, 0.1) is 5.92 Å². The third-order valence-electron chi connectivity index (χ3n) is 5.20. The molecule has 2 atom stereocenters. The van der Waals surface area contributed by atoms with Crippen molar-refractivity contribution in [1.29, 1.82) is 0 Å². The van der Waals surface area contributed by atoms with Crippen LogP contribution in [0.1, 0.15) is 43.6 Å². The number of Topliss-reactive ketones (excluding diaryl/α,β-unsaturated/α-hetero) is 1. The molecule has 3 aliphatic rings. The third-order valence-corrected chi connectivity index (χ3v) is 5.20. The van der Waals surface area contributed by atoms with E-state index in [-0.39, 0.29) is 17.4 Å². The van der Waals surface area contributed by atoms with Crippen LogP contribution in [0.3, 0.4) is 0 Å². The number of ketones is 1. The quantitative estimate of drug-likeness (QED) is 0.830. The van der Waals surface area contributed by atoms with E-state index in [0.29, 0.717) is 12.4 Å². The molecule has 20 heavy (non-hydrogen) atoms. The number of ether oxygens (including phenoxy) is 2. The summed E-state index contributed by atoms with van der Waals surface area (Å²) in [6.45, 7) is 1.26. The van der Waals surface area contributed by atoms with Gasteiger partial charge in [0.1, 0.15) is 18.1 Å². The Morgan fingerprint density at radius 1 is 1.25 bits per heavy atom. The van der Waals surface area contributed by atoms with E-state index in [9.17, 15) is 4.79 Å². The average Bonchev–Trinajstić information content (AvgIpc) is 2.89. The molecule has 0 N–H and O–H groups in total. The number of benzene rings is 1. The van der Waals surface area contributed by atoms with E-state index < -0.39 is 0 Å². The molecule has 0 radical (unpaired) electrons. The molecule has 4 rings (SSSR count). The van der Waals surface area contributed by atoms with Gasteiger partial charge in [0.15, 0.2) is 0 Å². The first kappa shape index (κ1) is 12.4. The number of hydrogen-bond acceptors (Lipinski definition) is 3. The maximum Gasteiger partial charge on any atom is 0.147 e. The van der Waals surface area contributed by atoms with E-state index in [0.717, 1.165) is 43.6 Å². The molecule has 2 fully saturated rings. The molecule has 1 saturated heterocycles. The molecule has 1 aromatic rings. The summed E-state index contributed by atoms with van der Waals surface area (Å²) in [6.07, 6.45) is 5.31. The van der Waals surface area contributed by atoms with Gasteiger partial charge >= 0.3 is 0 Å². The lowest BCUT2D eigenvalue weighted by atomic mass is 9.69. The summed E-state index contributed by atoms with van der Waals surface area (Å²) in [6, 6.07) is 7.94. The van der Waals surface area contributed by atoms with Crippen LogP contribution in [-0.4, -0.2) is 24.6 Å². The largest absolute Gasteiger partial charge is 0.492 e. The summed E-state index contributed by atoms with van der Waals surface area (Å²) in [7, 11) is 0. The van der Waals surface area contributed by atoms with E-state index in [1.165, 1.54) is 6.42 Å². The second kappa shape index (κ2) is 4.59. The van der Waals surface area contributed by atoms with Gasteiger partial charge < -0.3 is 9.47 Å². The molecular weight excluding hydrogens is 252 g/mol. The average molecular weight is 272 g/mol. The van der Waals surface area contributed by atoms with Crippen LogP contribution >= 0.6 is 0 Å². The fourth-order valence-electron chi connectivity index (χ4n) is 3.87. The Morgan fingerprint density at radius 3 is 2.90 bits per heavy atom. The highest BCUT2D eigenvalue weighted by Crippen LogP contribution is 2.46. The van der Waals surface area contributed by atoms with Crippen molar-refractivity contribution >= 4 is 5.78 Å². The molecule has 3 nitrogen and oxygen atoms in total. The van der Waals surface area contributed by atoms with Crippen molar-refractivity contribution in [2.45, 2.75) is 43.6 Å². The predicted octanol–water partition coefficient (Wildman–Crippen LogP) is 3.08. The minimum Gasteiger partial charge on any atom is -0.492 e. The van der Waals surface area contributed by atoms with Crippen molar-refractivity contribution in [3.05, 3.63) is 29.8 Å². The molecule has 1 aliphatic carbocycles. The van der Waals surface area contributed by atoms with Gasteiger partial charge in [-0.05, 0) is 38.2 Å². The number of carbonyl (C=O) groups excluding carboxylic acids is 1. The Balaban J connectivity index is 1.53. The normalized spacial score (nSPS) is 30.4. The van der Waals surface area contributed by atoms with Crippen LogP contribution in [0.15, 0.2) is 24.3 Å². The minimum atomic E-state index is -0.0635. The molecule has 0 amide bonds. The molecule has 2 aliphatic heterocycles. The van der Waals surface area contributed by atoms with Gasteiger partial charge in [-0.25, -0.2) is 0 Å². The SMILES string of the molecule is O=C(C1CCOC2(CCC2)C1)C1COc2ccccc21. The lowest BCUT2D eigenvalue weighted by Crippen LogP contribution is -2.47. The second-order valence-corrected chi connectivity index (χ2v) is 6.38. The van der Waals surface area contributed by atoms with Gasteiger partial charge in [0.05, 0.1) is 11.5 Å². The predicted molar refractivity (Wildman–Crippen MR) is 74.9 cm³/mol. The molecule has 1 aromatic carbocycles. The summed E-state index contributed by atoms with van der Waals surface area (Å²) in [5, 5.41) is 0. The van der Waals surface area contributed by atoms with Gasteiger partial charge in [-0.1, -0.05) is 18.2 Å². The zero-order valence-electron chi connectivity index (χ0n) is 11.6. The molecule has 1 spiro atoms. The monoisotopic (exact) mass is 272 g/mol. The van der Waals surface area contributed by atoms with Gasteiger partial charge in [-0.15, -0.1) is 0 Å². The highest BCUT2D eigenvalue weighted by molar-refractivity contribution is 5.89. The van der Waals surface area contributed by atoms with Gasteiger partial charge in [0.2, 0.25) is 0 Å². The van der Waals surface area contributed by atoms with Crippen molar-refractivity contribution in [1.82, 2.24) is 0 Å². The molecule has 0 bridgehead atoms. The van der Waals surface area contributed by atoms with Crippen LogP contribution in [0.2, 0.25) is 0 Å². The zero-order chi connectivity index (χ0) is 13.6. The number of rotatable bonds is 2. The third kappa shape index (κ3) is 1.87. The Labute approximate surface area is 119 Å². The molecule has 0 aromatic heterocycles.